The van der Waals surface area contributed by atoms with Gasteiger partial charge in [-0.25, -0.2) is 4.79 Å². The minimum absolute atomic E-state index is 0.109. The number of hydrogen-bond donors (Lipinski definition) is 2. The van der Waals surface area contributed by atoms with Gasteiger partial charge in [0.05, 0.1) is 10.8 Å². The van der Waals surface area contributed by atoms with Crippen LogP contribution in [-0.4, -0.2) is 46.8 Å². The summed E-state index contributed by atoms with van der Waals surface area (Å²) in [5.41, 5.74) is -3.68. The van der Waals surface area contributed by atoms with Gasteiger partial charge in [0.1, 0.15) is 17.2 Å². The first-order valence-corrected chi connectivity index (χ1v) is 9.73. The van der Waals surface area contributed by atoms with Gasteiger partial charge in [0.25, 0.3) is 0 Å². The zero-order valence-electron chi connectivity index (χ0n) is 19.2. The first-order chi connectivity index (χ1) is 12.3. The molecule has 0 rings (SSSR count). The van der Waals surface area contributed by atoms with E-state index in [9.17, 15) is 14.4 Å². The molecule has 2 N–H and O–H groups in total. The van der Waals surface area contributed by atoms with Crippen LogP contribution in [0.15, 0.2) is 0 Å². The highest BCUT2D eigenvalue weighted by molar-refractivity contribution is 5.92. The Kier molecular flexibility index (Phi) is 8.71. The maximum absolute atomic E-state index is 13.0. The van der Waals surface area contributed by atoms with Crippen molar-refractivity contribution in [2.45, 2.75) is 99.3 Å². The van der Waals surface area contributed by atoms with E-state index in [0.717, 1.165) is 0 Å². The Morgan fingerprint density at radius 1 is 0.821 bits per heavy atom. The topological polar surface area (TPSA) is 102 Å². The van der Waals surface area contributed by atoms with Crippen molar-refractivity contribution in [3.05, 3.63) is 0 Å². The van der Waals surface area contributed by atoms with E-state index in [0.29, 0.717) is 6.42 Å². The summed E-state index contributed by atoms with van der Waals surface area (Å²) in [5, 5.41) is 11.8. The van der Waals surface area contributed by atoms with E-state index in [1.807, 2.05) is 0 Å². The van der Waals surface area contributed by atoms with Crippen molar-refractivity contribution in [2.24, 2.45) is 10.8 Å². The first-order valence-electron chi connectivity index (χ1n) is 9.73. The molecule has 0 aliphatic heterocycles. The van der Waals surface area contributed by atoms with Crippen LogP contribution < -0.4 is 5.32 Å². The number of amides is 1. The van der Waals surface area contributed by atoms with Gasteiger partial charge in [-0.3, -0.25) is 9.59 Å². The summed E-state index contributed by atoms with van der Waals surface area (Å²) < 4.78 is 10.9. The normalized spacial score (nSPS) is 14.2. The maximum atomic E-state index is 13.0. The van der Waals surface area contributed by atoms with Crippen LogP contribution in [0.4, 0.5) is 0 Å². The summed E-state index contributed by atoms with van der Waals surface area (Å²) in [7, 11) is 0. The lowest BCUT2D eigenvalue weighted by atomic mass is 9.67. The van der Waals surface area contributed by atoms with E-state index >= 15 is 0 Å². The van der Waals surface area contributed by atoms with Crippen LogP contribution in [0.5, 0.6) is 0 Å². The molecule has 0 aromatic heterocycles. The van der Waals surface area contributed by atoms with E-state index in [1.54, 1.807) is 69.2 Å². The van der Waals surface area contributed by atoms with Gasteiger partial charge in [-0.05, 0) is 82.1 Å². The molecular weight excluding hydrogens is 362 g/mol. The fourth-order valence-corrected chi connectivity index (χ4v) is 2.20. The molecule has 1 atom stereocenters. The van der Waals surface area contributed by atoms with Crippen LogP contribution in [0.3, 0.4) is 0 Å². The quantitative estimate of drug-likeness (QED) is 0.606. The lowest BCUT2D eigenvalue weighted by Crippen LogP contribution is -2.55. The number of hydrogen-bond acceptors (Lipinski definition) is 6. The minimum atomic E-state index is -1.16. The molecule has 28 heavy (non-hydrogen) atoms. The van der Waals surface area contributed by atoms with Crippen LogP contribution in [0, 0.1) is 10.8 Å². The zero-order valence-corrected chi connectivity index (χ0v) is 19.2. The SMILES string of the molecule is CC(C)(C)OC(=O)C(CCCO)NC(=O)C(C)(C)C(C)(C)C(=O)OC(C)(C)C. The number of aliphatic hydroxyl groups is 1. The van der Waals surface area contributed by atoms with Crippen molar-refractivity contribution in [3.63, 3.8) is 0 Å². The van der Waals surface area contributed by atoms with Crippen molar-refractivity contribution < 1.29 is 29.0 Å². The molecule has 0 fully saturated rings. The van der Waals surface area contributed by atoms with Crippen LogP contribution in [0.1, 0.15) is 82.1 Å². The molecular formula is C21H39NO6. The van der Waals surface area contributed by atoms with E-state index in [1.165, 1.54) is 0 Å². The van der Waals surface area contributed by atoms with E-state index in [2.05, 4.69) is 5.32 Å². The smallest absolute Gasteiger partial charge is 0.329 e. The summed E-state index contributed by atoms with van der Waals surface area (Å²) in [6.45, 7) is 17.0. The third-order valence-electron chi connectivity index (χ3n) is 4.69. The molecule has 0 heterocycles. The van der Waals surface area contributed by atoms with Gasteiger partial charge in [0.2, 0.25) is 5.91 Å². The Labute approximate surface area is 169 Å². The second kappa shape index (κ2) is 9.25. The Morgan fingerprint density at radius 3 is 1.68 bits per heavy atom. The summed E-state index contributed by atoms with van der Waals surface area (Å²) >= 11 is 0. The highest BCUT2D eigenvalue weighted by atomic mass is 16.6. The summed E-state index contributed by atoms with van der Waals surface area (Å²) in [6, 6.07) is -0.910. The molecule has 7 heteroatoms. The molecule has 0 aliphatic carbocycles. The fourth-order valence-electron chi connectivity index (χ4n) is 2.20. The third-order valence-corrected chi connectivity index (χ3v) is 4.69. The number of carbonyl (C=O) groups is 3. The third kappa shape index (κ3) is 7.78. The summed E-state index contributed by atoms with van der Waals surface area (Å²) in [6.07, 6.45) is 0.570. The van der Waals surface area contributed by atoms with Crippen molar-refractivity contribution in [2.75, 3.05) is 6.61 Å². The monoisotopic (exact) mass is 401 g/mol. The number of nitrogens with one attached hydrogen (secondary N) is 1. The van der Waals surface area contributed by atoms with Gasteiger partial charge in [-0.15, -0.1) is 0 Å². The molecule has 0 aromatic carbocycles. The molecule has 0 aliphatic rings. The second-order valence-corrected chi connectivity index (χ2v) is 10.2. The highest BCUT2D eigenvalue weighted by Crippen LogP contribution is 2.41. The van der Waals surface area contributed by atoms with Crippen molar-refractivity contribution in [1.82, 2.24) is 5.32 Å². The predicted molar refractivity (Wildman–Crippen MR) is 108 cm³/mol. The average molecular weight is 402 g/mol. The number of rotatable bonds is 8. The number of esters is 2. The van der Waals surface area contributed by atoms with Crippen molar-refractivity contribution in [3.8, 4) is 0 Å². The standard InChI is InChI=1S/C21H39NO6/c1-18(2,3)27-15(24)14(12-11-13-23)22-16(25)20(7,8)21(9,10)17(26)28-19(4,5)6/h14,23H,11-13H2,1-10H3,(H,22,25). The van der Waals surface area contributed by atoms with Crippen LogP contribution in [0.25, 0.3) is 0 Å². The Bertz CT molecular complexity index is 566. The molecule has 0 aromatic rings. The Hall–Kier alpha value is -1.63. The minimum Gasteiger partial charge on any atom is -0.460 e. The second-order valence-electron chi connectivity index (χ2n) is 10.2. The largest absolute Gasteiger partial charge is 0.460 e. The molecule has 0 radical (unpaired) electrons. The van der Waals surface area contributed by atoms with E-state index in [4.69, 9.17) is 14.6 Å². The van der Waals surface area contributed by atoms with Gasteiger partial charge >= 0.3 is 11.9 Å². The molecule has 0 spiro atoms. The maximum Gasteiger partial charge on any atom is 0.329 e. The first kappa shape index (κ1) is 26.4. The zero-order chi connectivity index (χ0) is 22.6. The van der Waals surface area contributed by atoms with Crippen molar-refractivity contribution >= 4 is 17.8 Å². The van der Waals surface area contributed by atoms with Crippen LogP contribution in [0.2, 0.25) is 0 Å². The Balaban J connectivity index is 5.50. The summed E-state index contributed by atoms with van der Waals surface area (Å²) in [5.74, 6) is -1.53. The molecule has 0 saturated heterocycles. The van der Waals surface area contributed by atoms with E-state index in [-0.39, 0.29) is 13.0 Å². The number of carbonyl (C=O) groups excluding carboxylic acids is 3. The molecule has 164 valence electrons. The molecule has 0 bridgehead atoms. The van der Waals surface area contributed by atoms with Crippen LogP contribution >= 0.6 is 0 Å². The van der Waals surface area contributed by atoms with Gasteiger partial charge in [0.15, 0.2) is 0 Å². The number of aliphatic hydroxyl groups excluding tert-OH is 1. The molecule has 7 nitrogen and oxygen atoms in total. The van der Waals surface area contributed by atoms with Crippen LogP contribution in [-0.2, 0) is 23.9 Å². The van der Waals surface area contributed by atoms with Gasteiger partial charge < -0.3 is 19.9 Å². The predicted octanol–water partition coefficient (Wildman–Crippen LogP) is 2.98. The Morgan fingerprint density at radius 2 is 1.29 bits per heavy atom. The average Bonchev–Trinajstić information content (AvgIpc) is 2.47. The molecule has 1 amide bonds. The van der Waals surface area contributed by atoms with Gasteiger partial charge in [-0.2, -0.15) is 0 Å². The molecule has 1 unspecified atom stereocenters. The van der Waals surface area contributed by atoms with Gasteiger partial charge in [-0.1, -0.05) is 0 Å². The molecule has 0 saturated carbocycles. The van der Waals surface area contributed by atoms with Crippen molar-refractivity contribution in [1.29, 1.82) is 0 Å². The van der Waals surface area contributed by atoms with E-state index < -0.39 is 45.9 Å². The fraction of sp³-hybridized carbons (Fsp3) is 0.857. The lowest BCUT2D eigenvalue weighted by molar-refractivity contribution is -0.176. The summed E-state index contributed by atoms with van der Waals surface area (Å²) in [4.78, 5) is 38.2. The van der Waals surface area contributed by atoms with Gasteiger partial charge in [0, 0.05) is 6.61 Å². The number of ether oxygens (including phenoxy) is 2. The lowest BCUT2D eigenvalue weighted by Gasteiger charge is -2.40. The highest BCUT2D eigenvalue weighted by Gasteiger charge is 2.51.